The minimum atomic E-state index is -0.335. The molecule has 0 bridgehead atoms. The van der Waals surface area contributed by atoms with Gasteiger partial charge in [-0.1, -0.05) is 0 Å². The fourth-order valence-corrected chi connectivity index (χ4v) is 4.27. The van der Waals surface area contributed by atoms with Gasteiger partial charge in [-0.15, -0.1) is 22.7 Å². The number of anilines is 1. The Labute approximate surface area is 182 Å². The van der Waals surface area contributed by atoms with E-state index < -0.39 is 0 Å². The molecule has 0 saturated heterocycles. The number of hydrogen-bond donors (Lipinski definition) is 1. The van der Waals surface area contributed by atoms with E-state index in [0.717, 1.165) is 5.01 Å². The zero-order valence-corrected chi connectivity index (χ0v) is 18.1. The molecular weight excluding hydrogens is 422 g/mol. The van der Waals surface area contributed by atoms with Gasteiger partial charge in [-0.25, -0.2) is 9.97 Å². The van der Waals surface area contributed by atoms with E-state index in [1.807, 2.05) is 0 Å². The van der Waals surface area contributed by atoms with Crippen LogP contribution in [-0.2, 0) is 22.6 Å². The lowest BCUT2D eigenvalue weighted by atomic mass is 10.2. The third-order valence-corrected chi connectivity index (χ3v) is 6.09. The van der Waals surface area contributed by atoms with Crippen LogP contribution in [0.1, 0.15) is 52.4 Å². The summed E-state index contributed by atoms with van der Waals surface area (Å²) in [6.07, 6.45) is 2.57. The zero-order chi connectivity index (χ0) is 20.9. The molecule has 9 heteroatoms. The van der Waals surface area contributed by atoms with Crippen LogP contribution in [0.4, 0.5) is 5.13 Å². The van der Waals surface area contributed by atoms with Gasteiger partial charge in [-0.2, -0.15) is 0 Å². The van der Waals surface area contributed by atoms with E-state index in [0.29, 0.717) is 41.3 Å². The fraction of sp³-hybridized carbons (Fsp3) is 0.333. The first-order valence-corrected chi connectivity index (χ1v) is 11.4. The normalized spacial score (nSPS) is 13.1. The highest BCUT2D eigenvalue weighted by atomic mass is 32.1. The number of ether oxygens (including phenoxy) is 2. The Morgan fingerprint density at radius 3 is 2.67 bits per heavy atom. The molecule has 1 fully saturated rings. The number of thiazole rings is 2. The van der Waals surface area contributed by atoms with Gasteiger partial charge in [-0.05, 0) is 44.0 Å². The van der Waals surface area contributed by atoms with Crippen LogP contribution in [0.15, 0.2) is 35.0 Å². The van der Waals surface area contributed by atoms with Crippen LogP contribution < -0.4 is 10.1 Å². The van der Waals surface area contributed by atoms with Crippen LogP contribution >= 0.6 is 22.7 Å². The number of esters is 1. The smallest absolute Gasteiger partial charge is 0.311 e. The van der Waals surface area contributed by atoms with Gasteiger partial charge >= 0.3 is 5.97 Å². The molecule has 0 unspecified atom stereocenters. The second-order valence-corrected chi connectivity index (χ2v) is 8.63. The molecule has 7 nitrogen and oxygen atoms in total. The molecule has 0 spiro atoms. The van der Waals surface area contributed by atoms with Crippen LogP contribution in [0.3, 0.4) is 0 Å². The van der Waals surface area contributed by atoms with Crippen molar-refractivity contribution in [2.24, 2.45) is 0 Å². The Morgan fingerprint density at radius 1 is 1.13 bits per heavy atom. The van der Waals surface area contributed by atoms with Crippen LogP contribution in [0.5, 0.6) is 5.75 Å². The highest BCUT2D eigenvalue weighted by molar-refractivity contribution is 7.14. The van der Waals surface area contributed by atoms with Crippen LogP contribution in [0.2, 0.25) is 0 Å². The van der Waals surface area contributed by atoms with Crippen molar-refractivity contribution in [3.05, 3.63) is 57.0 Å². The molecule has 2 aromatic heterocycles. The fourth-order valence-electron chi connectivity index (χ4n) is 2.78. The number of carbonyl (C=O) groups is 2. The third kappa shape index (κ3) is 5.43. The summed E-state index contributed by atoms with van der Waals surface area (Å²) in [4.78, 5) is 32.8. The van der Waals surface area contributed by atoms with Gasteiger partial charge < -0.3 is 9.47 Å². The van der Waals surface area contributed by atoms with Gasteiger partial charge in [0, 0.05) is 22.2 Å². The number of benzene rings is 1. The summed E-state index contributed by atoms with van der Waals surface area (Å²) in [6, 6.07) is 6.93. The number of rotatable bonds is 9. The van der Waals surface area contributed by atoms with Crippen molar-refractivity contribution in [3.8, 4) is 5.75 Å². The molecule has 156 valence electrons. The molecule has 0 radical (unpaired) electrons. The summed E-state index contributed by atoms with van der Waals surface area (Å²) in [5.41, 5.74) is 2.25. The summed E-state index contributed by atoms with van der Waals surface area (Å²) >= 11 is 2.89. The Morgan fingerprint density at radius 2 is 1.93 bits per heavy atom. The number of aromatic nitrogens is 2. The highest BCUT2D eigenvalue weighted by Crippen LogP contribution is 2.40. The average molecular weight is 444 g/mol. The van der Waals surface area contributed by atoms with Gasteiger partial charge in [0.1, 0.15) is 17.4 Å². The van der Waals surface area contributed by atoms with Crippen molar-refractivity contribution >= 4 is 39.7 Å². The molecule has 2 heterocycles. The average Bonchev–Trinajstić information content (AvgIpc) is 3.32. The second kappa shape index (κ2) is 9.36. The third-order valence-electron chi connectivity index (χ3n) is 4.45. The monoisotopic (exact) mass is 443 g/mol. The first kappa shape index (κ1) is 20.5. The summed E-state index contributed by atoms with van der Waals surface area (Å²) < 4.78 is 10.7. The zero-order valence-electron chi connectivity index (χ0n) is 16.4. The van der Waals surface area contributed by atoms with E-state index in [1.54, 1.807) is 47.9 Å². The lowest BCUT2D eigenvalue weighted by Crippen LogP contribution is -2.12. The predicted octanol–water partition coefficient (Wildman–Crippen LogP) is 4.41. The largest absolute Gasteiger partial charge is 0.486 e. The highest BCUT2D eigenvalue weighted by Gasteiger charge is 2.26. The number of hydrogen-bond acceptors (Lipinski definition) is 8. The summed E-state index contributed by atoms with van der Waals surface area (Å²) in [5, 5.41) is 7.99. The minimum Gasteiger partial charge on any atom is -0.486 e. The van der Waals surface area contributed by atoms with E-state index in [-0.39, 0.29) is 18.3 Å². The summed E-state index contributed by atoms with van der Waals surface area (Å²) in [6.45, 7) is 2.51. The first-order valence-electron chi connectivity index (χ1n) is 9.69. The minimum absolute atomic E-state index is 0.0908. The van der Waals surface area contributed by atoms with E-state index in [1.165, 1.54) is 29.9 Å². The molecule has 3 aromatic rings. The number of carbonyl (C=O) groups excluding carboxylic acids is 2. The number of nitrogens with zero attached hydrogens (tertiary/aromatic N) is 2. The Bertz CT molecular complexity index is 1030. The topological polar surface area (TPSA) is 90.4 Å². The van der Waals surface area contributed by atoms with Crippen LogP contribution in [-0.4, -0.2) is 28.5 Å². The standard InChI is InChI=1S/C21H21N3O4S2/c1-2-27-19(25)9-15-11-30-21(22-15)24-20(26)14-5-7-16(8-6-14)28-10-18-23-17(12-29-18)13-3-4-13/h5-8,11-13H,2-4,9-10H2,1H3,(H,22,24,26). The molecule has 30 heavy (non-hydrogen) atoms. The maximum atomic E-state index is 12.4. The molecule has 0 aliphatic heterocycles. The SMILES string of the molecule is CCOC(=O)Cc1csc(NC(=O)c2ccc(OCc3nc(C4CC4)cs3)cc2)n1. The van der Waals surface area contributed by atoms with Crippen molar-refractivity contribution in [2.75, 3.05) is 11.9 Å². The Balaban J connectivity index is 1.28. The van der Waals surface area contributed by atoms with Crippen molar-refractivity contribution < 1.29 is 19.1 Å². The molecule has 0 atom stereocenters. The lowest BCUT2D eigenvalue weighted by molar-refractivity contribution is -0.142. The molecule has 1 aromatic carbocycles. The van der Waals surface area contributed by atoms with E-state index >= 15 is 0 Å². The maximum Gasteiger partial charge on any atom is 0.311 e. The summed E-state index contributed by atoms with van der Waals surface area (Å²) in [7, 11) is 0. The van der Waals surface area contributed by atoms with Crippen LogP contribution in [0.25, 0.3) is 0 Å². The van der Waals surface area contributed by atoms with Gasteiger partial charge in [0.25, 0.3) is 5.91 Å². The molecule has 1 amide bonds. The molecule has 1 aliphatic carbocycles. The predicted molar refractivity (Wildman–Crippen MR) is 115 cm³/mol. The van der Waals surface area contributed by atoms with Gasteiger partial charge in [0.2, 0.25) is 0 Å². The van der Waals surface area contributed by atoms with Crippen molar-refractivity contribution in [2.45, 2.75) is 38.7 Å². The van der Waals surface area contributed by atoms with Crippen molar-refractivity contribution in [3.63, 3.8) is 0 Å². The molecule has 1 aliphatic rings. The van der Waals surface area contributed by atoms with Gasteiger partial charge in [-0.3, -0.25) is 14.9 Å². The van der Waals surface area contributed by atoms with E-state index in [9.17, 15) is 9.59 Å². The van der Waals surface area contributed by atoms with Gasteiger partial charge in [0.15, 0.2) is 5.13 Å². The summed E-state index contributed by atoms with van der Waals surface area (Å²) in [5.74, 6) is 0.720. The Hall–Kier alpha value is -2.78. The number of nitrogens with one attached hydrogen (secondary N) is 1. The van der Waals surface area contributed by atoms with Gasteiger partial charge in [0.05, 0.1) is 24.4 Å². The van der Waals surface area contributed by atoms with E-state index in [4.69, 9.17) is 9.47 Å². The molecular formula is C21H21N3O4S2. The quantitative estimate of drug-likeness (QED) is 0.493. The van der Waals surface area contributed by atoms with Crippen molar-refractivity contribution in [1.29, 1.82) is 0 Å². The second-order valence-electron chi connectivity index (χ2n) is 6.83. The first-order chi connectivity index (χ1) is 14.6. The molecule has 4 rings (SSSR count). The number of amides is 1. The van der Waals surface area contributed by atoms with Crippen LogP contribution in [0, 0.1) is 0 Å². The molecule has 1 saturated carbocycles. The van der Waals surface area contributed by atoms with Crippen molar-refractivity contribution in [1.82, 2.24) is 9.97 Å². The molecule has 1 N–H and O–H groups in total. The lowest BCUT2D eigenvalue weighted by Gasteiger charge is -2.06. The maximum absolute atomic E-state index is 12.4. The van der Waals surface area contributed by atoms with E-state index in [2.05, 4.69) is 20.7 Å². The Kier molecular flexibility index (Phi) is 6.39.